The van der Waals surface area contributed by atoms with Gasteiger partial charge in [-0.1, -0.05) is 55.0 Å². The number of nitrogens with one attached hydrogen (secondary N) is 1. The van der Waals surface area contributed by atoms with Crippen LogP contribution in [0.1, 0.15) is 40.8 Å². The molecule has 1 atom stereocenters. The van der Waals surface area contributed by atoms with Crippen molar-refractivity contribution in [2.75, 3.05) is 6.54 Å². The van der Waals surface area contributed by atoms with E-state index in [2.05, 4.69) is 75.5 Å². The number of hydrogen-bond acceptors (Lipinski definition) is 1. The van der Waals surface area contributed by atoms with E-state index in [1.54, 1.807) is 0 Å². The average Bonchev–Trinajstić information content (AvgIpc) is 2.41. The molecule has 0 aliphatic rings. The first-order valence-corrected chi connectivity index (χ1v) is 7.46. The molecule has 2 aromatic carbocycles. The second-order valence-corrected chi connectivity index (χ2v) is 5.65. The monoisotopic (exact) mass is 267 g/mol. The smallest absolute Gasteiger partial charge is 0.0360 e. The van der Waals surface area contributed by atoms with Crippen molar-refractivity contribution in [3.05, 3.63) is 70.3 Å². The maximum atomic E-state index is 3.61. The molecule has 106 valence electrons. The third-order valence-corrected chi connectivity index (χ3v) is 3.91. The fraction of sp³-hybridized carbons (Fsp3) is 0.368. The first kappa shape index (κ1) is 14.8. The van der Waals surface area contributed by atoms with Crippen molar-refractivity contribution in [1.29, 1.82) is 0 Å². The fourth-order valence-electron chi connectivity index (χ4n) is 2.61. The molecule has 0 aliphatic carbocycles. The van der Waals surface area contributed by atoms with Crippen molar-refractivity contribution in [3.8, 4) is 0 Å². The van der Waals surface area contributed by atoms with E-state index >= 15 is 0 Å². The van der Waals surface area contributed by atoms with Gasteiger partial charge in [0.2, 0.25) is 0 Å². The zero-order valence-corrected chi connectivity index (χ0v) is 13.0. The molecule has 2 rings (SSSR count). The first-order chi connectivity index (χ1) is 9.60. The summed E-state index contributed by atoms with van der Waals surface area (Å²) in [5, 5.41) is 3.61. The summed E-state index contributed by atoms with van der Waals surface area (Å²) < 4.78 is 0. The zero-order valence-electron chi connectivity index (χ0n) is 13.0. The Balaban J connectivity index is 2.24. The normalized spacial score (nSPS) is 12.4. The Labute approximate surface area is 123 Å². The van der Waals surface area contributed by atoms with Crippen molar-refractivity contribution in [2.45, 2.75) is 40.2 Å². The summed E-state index contributed by atoms with van der Waals surface area (Å²) in [5.41, 5.74) is 6.85. The molecular weight excluding hydrogens is 242 g/mol. The highest BCUT2D eigenvalue weighted by Crippen LogP contribution is 2.21. The van der Waals surface area contributed by atoms with Crippen molar-refractivity contribution in [1.82, 2.24) is 5.32 Å². The van der Waals surface area contributed by atoms with Gasteiger partial charge in [0.1, 0.15) is 0 Å². The van der Waals surface area contributed by atoms with E-state index in [1.807, 2.05) is 0 Å². The van der Waals surface area contributed by atoms with Gasteiger partial charge in [0.25, 0.3) is 0 Å². The van der Waals surface area contributed by atoms with E-state index in [-0.39, 0.29) is 0 Å². The molecule has 0 saturated heterocycles. The number of likely N-dealkylation sites (N-methyl/N-ethyl adjacent to an activating group) is 1. The van der Waals surface area contributed by atoms with E-state index in [0.29, 0.717) is 6.04 Å². The molecule has 20 heavy (non-hydrogen) atoms. The molecule has 1 heteroatoms. The summed E-state index contributed by atoms with van der Waals surface area (Å²) in [6.07, 6.45) is 1.04. The van der Waals surface area contributed by atoms with Crippen LogP contribution in [0.5, 0.6) is 0 Å². The van der Waals surface area contributed by atoms with Gasteiger partial charge in [-0.15, -0.1) is 0 Å². The standard InChI is InChI=1S/C19H25N/c1-5-20-19(13-17-8-6-7-14(2)11-17)18-10-9-15(3)16(4)12-18/h6-12,19-20H,5,13H2,1-4H3. The minimum atomic E-state index is 0.390. The van der Waals surface area contributed by atoms with E-state index in [4.69, 9.17) is 0 Å². The highest BCUT2D eigenvalue weighted by Gasteiger charge is 2.12. The Morgan fingerprint density at radius 1 is 0.950 bits per heavy atom. The Kier molecular flexibility index (Phi) is 4.97. The lowest BCUT2D eigenvalue weighted by Crippen LogP contribution is -2.23. The average molecular weight is 267 g/mol. The summed E-state index contributed by atoms with van der Waals surface area (Å²) in [4.78, 5) is 0. The Morgan fingerprint density at radius 3 is 2.40 bits per heavy atom. The molecule has 1 nitrogen and oxygen atoms in total. The van der Waals surface area contributed by atoms with Gasteiger partial charge in [-0.25, -0.2) is 0 Å². The van der Waals surface area contributed by atoms with Crippen LogP contribution in [0.15, 0.2) is 42.5 Å². The van der Waals surface area contributed by atoms with Crippen LogP contribution in [0.25, 0.3) is 0 Å². The van der Waals surface area contributed by atoms with Gasteiger partial charge in [-0.3, -0.25) is 0 Å². The van der Waals surface area contributed by atoms with Gasteiger partial charge in [-0.2, -0.15) is 0 Å². The minimum absolute atomic E-state index is 0.390. The third-order valence-electron chi connectivity index (χ3n) is 3.91. The lowest BCUT2D eigenvalue weighted by Gasteiger charge is -2.20. The van der Waals surface area contributed by atoms with E-state index in [0.717, 1.165) is 13.0 Å². The first-order valence-electron chi connectivity index (χ1n) is 7.46. The van der Waals surface area contributed by atoms with Gasteiger partial charge in [-0.05, 0) is 56.0 Å². The minimum Gasteiger partial charge on any atom is -0.310 e. The molecule has 0 bridgehead atoms. The van der Waals surface area contributed by atoms with Crippen LogP contribution >= 0.6 is 0 Å². The predicted molar refractivity (Wildman–Crippen MR) is 87.2 cm³/mol. The molecule has 0 saturated carbocycles. The largest absolute Gasteiger partial charge is 0.310 e. The quantitative estimate of drug-likeness (QED) is 0.840. The number of rotatable bonds is 5. The van der Waals surface area contributed by atoms with Gasteiger partial charge >= 0.3 is 0 Å². The molecular formula is C19H25N. The molecule has 1 N–H and O–H groups in total. The SMILES string of the molecule is CCNC(Cc1cccc(C)c1)c1ccc(C)c(C)c1. The summed E-state index contributed by atoms with van der Waals surface area (Å²) >= 11 is 0. The van der Waals surface area contributed by atoms with Crippen molar-refractivity contribution < 1.29 is 0 Å². The van der Waals surface area contributed by atoms with Gasteiger partial charge in [0.05, 0.1) is 0 Å². The molecule has 0 aliphatic heterocycles. The maximum Gasteiger partial charge on any atom is 0.0360 e. The Bertz CT molecular complexity index is 572. The van der Waals surface area contributed by atoms with Crippen LogP contribution in [-0.2, 0) is 6.42 Å². The van der Waals surface area contributed by atoms with E-state index in [9.17, 15) is 0 Å². The van der Waals surface area contributed by atoms with Crippen LogP contribution < -0.4 is 5.32 Å². The Morgan fingerprint density at radius 2 is 1.75 bits per heavy atom. The highest BCUT2D eigenvalue weighted by atomic mass is 14.9. The van der Waals surface area contributed by atoms with Crippen LogP contribution in [-0.4, -0.2) is 6.54 Å². The number of hydrogen-bond donors (Lipinski definition) is 1. The summed E-state index contributed by atoms with van der Waals surface area (Å²) in [5.74, 6) is 0. The van der Waals surface area contributed by atoms with Crippen LogP contribution in [0.3, 0.4) is 0 Å². The second-order valence-electron chi connectivity index (χ2n) is 5.65. The van der Waals surface area contributed by atoms with E-state index in [1.165, 1.54) is 27.8 Å². The van der Waals surface area contributed by atoms with Crippen LogP contribution in [0, 0.1) is 20.8 Å². The van der Waals surface area contributed by atoms with Gasteiger partial charge < -0.3 is 5.32 Å². The highest BCUT2D eigenvalue weighted by molar-refractivity contribution is 5.33. The van der Waals surface area contributed by atoms with Gasteiger partial charge in [0.15, 0.2) is 0 Å². The molecule has 0 fully saturated rings. The molecule has 0 radical (unpaired) electrons. The molecule has 1 unspecified atom stereocenters. The predicted octanol–water partition coefficient (Wildman–Crippen LogP) is 4.51. The lowest BCUT2D eigenvalue weighted by molar-refractivity contribution is 0.549. The van der Waals surface area contributed by atoms with Gasteiger partial charge in [0, 0.05) is 6.04 Å². The van der Waals surface area contributed by atoms with E-state index < -0.39 is 0 Å². The molecule has 0 heterocycles. The zero-order chi connectivity index (χ0) is 14.5. The second kappa shape index (κ2) is 6.71. The third kappa shape index (κ3) is 3.71. The fourth-order valence-corrected chi connectivity index (χ4v) is 2.61. The van der Waals surface area contributed by atoms with Crippen molar-refractivity contribution in [2.24, 2.45) is 0 Å². The van der Waals surface area contributed by atoms with Crippen LogP contribution in [0.4, 0.5) is 0 Å². The topological polar surface area (TPSA) is 12.0 Å². The molecule has 2 aromatic rings. The van der Waals surface area contributed by atoms with Crippen molar-refractivity contribution in [3.63, 3.8) is 0 Å². The summed E-state index contributed by atoms with van der Waals surface area (Å²) in [7, 11) is 0. The van der Waals surface area contributed by atoms with Crippen molar-refractivity contribution >= 4 is 0 Å². The van der Waals surface area contributed by atoms with Crippen LogP contribution in [0.2, 0.25) is 0 Å². The summed E-state index contributed by atoms with van der Waals surface area (Å²) in [6.45, 7) is 9.67. The molecule has 0 aromatic heterocycles. The maximum absolute atomic E-state index is 3.61. The molecule has 0 amide bonds. The number of benzene rings is 2. The lowest BCUT2D eigenvalue weighted by atomic mass is 9.95. The molecule has 0 spiro atoms. The Hall–Kier alpha value is -1.60. The summed E-state index contributed by atoms with van der Waals surface area (Å²) in [6, 6.07) is 16.0. The number of aryl methyl sites for hydroxylation is 3.